The Balaban J connectivity index is 1.50. The highest BCUT2D eigenvalue weighted by atomic mass is 19.4. The first kappa shape index (κ1) is 20.9. The van der Waals surface area contributed by atoms with Crippen LogP contribution in [0.1, 0.15) is 30.4 Å². The number of hydrogen-bond donors (Lipinski definition) is 1. The standard InChI is InChI=1S/C22H27F3N4O/c1-14-5-8-26-21-17(22(23,24)25)3-4-18(20(14)21)29-10-7-16(13-29)27-19(30)11-15-6-9-28(2)12-15/h3-5,8,15-16H,6-7,9-13H2,1-2H3,(H,27,30)/t15-,16-/m1/s1. The number of aryl methyl sites for hydroxylation is 1. The Labute approximate surface area is 174 Å². The molecular weight excluding hydrogens is 393 g/mol. The van der Waals surface area contributed by atoms with Gasteiger partial charge in [-0.05, 0) is 63.0 Å². The summed E-state index contributed by atoms with van der Waals surface area (Å²) in [5.74, 6) is 0.470. The van der Waals surface area contributed by atoms with Crippen molar-refractivity contribution < 1.29 is 18.0 Å². The highest BCUT2D eigenvalue weighted by Crippen LogP contribution is 2.39. The molecule has 3 heterocycles. The fourth-order valence-corrected chi connectivity index (χ4v) is 4.74. The normalized spacial score (nSPS) is 22.8. The highest BCUT2D eigenvalue weighted by molar-refractivity contribution is 5.96. The molecule has 5 nitrogen and oxygen atoms in total. The van der Waals surface area contributed by atoms with Crippen molar-refractivity contribution in [2.75, 3.05) is 38.1 Å². The van der Waals surface area contributed by atoms with E-state index in [-0.39, 0.29) is 17.5 Å². The van der Waals surface area contributed by atoms with Crippen molar-refractivity contribution >= 4 is 22.5 Å². The van der Waals surface area contributed by atoms with Crippen LogP contribution in [0.5, 0.6) is 0 Å². The lowest BCUT2D eigenvalue weighted by Crippen LogP contribution is -2.38. The van der Waals surface area contributed by atoms with Crippen molar-refractivity contribution in [3.8, 4) is 0 Å². The molecule has 1 amide bonds. The van der Waals surface area contributed by atoms with Gasteiger partial charge in [0.25, 0.3) is 0 Å². The zero-order valence-corrected chi connectivity index (χ0v) is 17.3. The van der Waals surface area contributed by atoms with E-state index in [1.165, 1.54) is 6.20 Å². The fraction of sp³-hybridized carbons (Fsp3) is 0.545. The van der Waals surface area contributed by atoms with Gasteiger partial charge in [0.1, 0.15) is 0 Å². The summed E-state index contributed by atoms with van der Waals surface area (Å²) in [7, 11) is 2.07. The van der Waals surface area contributed by atoms with E-state index in [9.17, 15) is 18.0 Å². The average molecular weight is 420 g/mol. The number of carbonyl (C=O) groups excluding carboxylic acids is 1. The first-order valence-electron chi connectivity index (χ1n) is 10.4. The van der Waals surface area contributed by atoms with Crippen LogP contribution in [0.4, 0.5) is 18.9 Å². The SMILES string of the molecule is Cc1ccnc2c(C(F)(F)F)ccc(N3CC[C@@H](NC(=O)C[C@H]4CCN(C)C4)C3)c12. The number of nitrogens with zero attached hydrogens (tertiary/aromatic N) is 3. The van der Waals surface area contributed by atoms with Crippen molar-refractivity contribution in [2.45, 2.75) is 38.4 Å². The van der Waals surface area contributed by atoms with Gasteiger partial charge in [0.15, 0.2) is 0 Å². The summed E-state index contributed by atoms with van der Waals surface area (Å²) in [6.45, 7) is 5.07. The molecule has 2 atom stereocenters. The van der Waals surface area contributed by atoms with Gasteiger partial charge in [-0.2, -0.15) is 13.2 Å². The Morgan fingerprint density at radius 2 is 2.00 bits per heavy atom. The molecule has 0 spiro atoms. The van der Waals surface area contributed by atoms with Gasteiger partial charge in [-0.3, -0.25) is 9.78 Å². The summed E-state index contributed by atoms with van der Waals surface area (Å²) in [6, 6.07) is 4.40. The van der Waals surface area contributed by atoms with Gasteiger partial charge < -0.3 is 15.1 Å². The van der Waals surface area contributed by atoms with Crippen molar-refractivity contribution in [2.24, 2.45) is 5.92 Å². The zero-order chi connectivity index (χ0) is 21.5. The first-order chi connectivity index (χ1) is 14.2. The Hall–Kier alpha value is -2.35. The minimum absolute atomic E-state index is 0.00551. The molecular formula is C22H27F3N4O. The molecule has 30 heavy (non-hydrogen) atoms. The summed E-state index contributed by atoms with van der Waals surface area (Å²) in [5.41, 5.74) is 0.782. The van der Waals surface area contributed by atoms with Crippen LogP contribution in [-0.4, -0.2) is 55.1 Å². The molecule has 4 rings (SSSR count). The van der Waals surface area contributed by atoms with Crippen LogP contribution in [0, 0.1) is 12.8 Å². The number of aromatic nitrogens is 1. The highest BCUT2D eigenvalue weighted by Gasteiger charge is 2.35. The topological polar surface area (TPSA) is 48.5 Å². The van der Waals surface area contributed by atoms with Crippen LogP contribution < -0.4 is 10.2 Å². The number of pyridine rings is 1. The minimum Gasteiger partial charge on any atom is -0.369 e. The summed E-state index contributed by atoms with van der Waals surface area (Å²) in [6.07, 6.45) is -0.673. The van der Waals surface area contributed by atoms with E-state index < -0.39 is 11.7 Å². The van der Waals surface area contributed by atoms with E-state index in [1.54, 1.807) is 12.1 Å². The molecule has 162 valence electrons. The van der Waals surface area contributed by atoms with Crippen LogP contribution >= 0.6 is 0 Å². The Kier molecular flexibility index (Phi) is 5.61. The van der Waals surface area contributed by atoms with Gasteiger partial charge >= 0.3 is 6.18 Å². The number of alkyl halides is 3. The summed E-state index contributed by atoms with van der Waals surface area (Å²) in [5, 5.41) is 3.66. The molecule has 1 aromatic heterocycles. The molecule has 0 aliphatic carbocycles. The Morgan fingerprint density at radius 1 is 1.20 bits per heavy atom. The summed E-state index contributed by atoms with van der Waals surface area (Å²) >= 11 is 0. The molecule has 2 fully saturated rings. The predicted octanol–water partition coefficient (Wildman–Crippen LogP) is 3.60. The number of anilines is 1. The number of likely N-dealkylation sites (tertiary alicyclic amines) is 1. The van der Waals surface area contributed by atoms with Crippen molar-refractivity contribution in [1.29, 1.82) is 0 Å². The van der Waals surface area contributed by atoms with E-state index in [4.69, 9.17) is 0 Å². The van der Waals surface area contributed by atoms with E-state index in [0.29, 0.717) is 30.8 Å². The average Bonchev–Trinajstić information content (AvgIpc) is 3.29. The van der Waals surface area contributed by atoms with E-state index in [0.717, 1.165) is 43.2 Å². The molecule has 0 saturated carbocycles. The lowest BCUT2D eigenvalue weighted by atomic mass is 10.0. The predicted molar refractivity (Wildman–Crippen MR) is 110 cm³/mol. The second-order valence-corrected chi connectivity index (χ2v) is 8.60. The summed E-state index contributed by atoms with van der Waals surface area (Å²) < 4.78 is 40.4. The lowest BCUT2D eigenvalue weighted by Gasteiger charge is -2.23. The molecule has 1 aromatic carbocycles. The largest absolute Gasteiger partial charge is 0.418 e. The molecule has 1 N–H and O–H groups in total. The number of hydrogen-bond acceptors (Lipinski definition) is 4. The minimum atomic E-state index is -4.45. The Bertz CT molecular complexity index is 946. The molecule has 8 heteroatoms. The van der Waals surface area contributed by atoms with E-state index >= 15 is 0 Å². The monoisotopic (exact) mass is 420 g/mol. The van der Waals surface area contributed by atoms with Crippen LogP contribution in [0.3, 0.4) is 0 Å². The van der Waals surface area contributed by atoms with Crippen LogP contribution in [-0.2, 0) is 11.0 Å². The molecule has 0 radical (unpaired) electrons. The van der Waals surface area contributed by atoms with E-state index in [2.05, 4.69) is 27.1 Å². The maximum absolute atomic E-state index is 13.5. The maximum Gasteiger partial charge on any atom is 0.418 e. The second-order valence-electron chi connectivity index (χ2n) is 8.60. The van der Waals surface area contributed by atoms with Crippen molar-refractivity contribution in [1.82, 2.24) is 15.2 Å². The van der Waals surface area contributed by atoms with Gasteiger partial charge in [0, 0.05) is 49.4 Å². The zero-order valence-electron chi connectivity index (χ0n) is 17.3. The van der Waals surface area contributed by atoms with Crippen LogP contribution in [0.15, 0.2) is 24.4 Å². The lowest BCUT2D eigenvalue weighted by molar-refractivity contribution is -0.136. The van der Waals surface area contributed by atoms with Crippen LogP contribution in [0.25, 0.3) is 10.9 Å². The van der Waals surface area contributed by atoms with Gasteiger partial charge in [-0.1, -0.05) is 0 Å². The molecule has 2 aromatic rings. The third kappa shape index (κ3) is 4.24. The fourth-order valence-electron chi connectivity index (χ4n) is 4.74. The molecule has 2 aliphatic heterocycles. The number of amides is 1. The number of benzene rings is 1. The number of nitrogens with one attached hydrogen (secondary N) is 1. The third-order valence-electron chi connectivity index (χ3n) is 6.24. The number of rotatable bonds is 4. The van der Waals surface area contributed by atoms with E-state index in [1.807, 2.05) is 6.92 Å². The van der Waals surface area contributed by atoms with Crippen molar-refractivity contribution in [3.63, 3.8) is 0 Å². The second kappa shape index (κ2) is 8.06. The third-order valence-corrected chi connectivity index (χ3v) is 6.24. The summed E-state index contributed by atoms with van der Waals surface area (Å²) in [4.78, 5) is 20.8. The van der Waals surface area contributed by atoms with Gasteiger partial charge in [0.05, 0.1) is 11.1 Å². The van der Waals surface area contributed by atoms with Gasteiger partial charge in [-0.15, -0.1) is 0 Å². The molecule has 2 aliphatic rings. The maximum atomic E-state index is 13.5. The number of halogens is 3. The first-order valence-corrected chi connectivity index (χ1v) is 10.4. The smallest absolute Gasteiger partial charge is 0.369 e. The number of fused-ring (bicyclic) bond motifs is 1. The quantitative estimate of drug-likeness (QED) is 0.821. The van der Waals surface area contributed by atoms with Crippen molar-refractivity contribution in [3.05, 3.63) is 35.5 Å². The number of carbonyl (C=O) groups is 1. The molecule has 0 unspecified atom stereocenters. The Morgan fingerprint density at radius 3 is 2.70 bits per heavy atom. The van der Waals surface area contributed by atoms with Crippen LogP contribution in [0.2, 0.25) is 0 Å². The molecule has 0 bridgehead atoms. The van der Waals surface area contributed by atoms with Gasteiger partial charge in [-0.25, -0.2) is 0 Å². The van der Waals surface area contributed by atoms with Gasteiger partial charge in [0.2, 0.25) is 5.91 Å². The molecule has 2 saturated heterocycles.